The number of likely N-dealkylation sites (N-methyl/N-ethyl adjacent to an activating group) is 1. The lowest BCUT2D eigenvalue weighted by atomic mass is 9.85. The summed E-state index contributed by atoms with van der Waals surface area (Å²) in [4.78, 5) is 27.9. The van der Waals surface area contributed by atoms with Gasteiger partial charge in [-0.15, -0.1) is 0 Å². The van der Waals surface area contributed by atoms with Crippen LogP contribution in [-0.2, 0) is 21.4 Å². The normalized spacial score (nSPS) is 14.3. The van der Waals surface area contributed by atoms with Crippen LogP contribution in [-0.4, -0.2) is 42.1 Å². The zero-order valence-corrected chi connectivity index (χ0v) is 21.8. The molecule has 0 aliphatic carbocycles. The van der Waals surface area contributed by atoms with Gasteiger partial charge in [0.15, 0.2) is 0 Å². The van der Waals surface area contributed by atoms with E-state index in [9.17, 15) is 14.7 Å². The standard InChI is InChI=1S/C28H41N3O3/c1-18(2)25(30-26(33)20(4)31(8)22-12-10-9-11-13-22)27(34)29-19(3)16-21-14-15-24(32)23(17-21)28(5,6)7/h9-15,17-20,25,32H,16H2,1-8H3,(H,29,34)(H,30,33)/t19?,20-,25?/m0/s1. The Morgan fingerprint density at radius 2 is 1.56 bits per heavy atom. The van der Waals surface area contributed by atoms with E-state index >= 15 is 0 Å². The van der Waals surface area contributed by atoms with Crippen molar-refractivity contribution in [2.24, 2.45) is 5.92 Å². The molecular formula is C28H41N3O3. The second-order valence-corrected chi connectivity index (χ2v) is 10.6. The number of hydrogen-bond donors (Lipinski definition) is 3. The van der Waals surface area contributed by atoms with Crippen LogP contribution in [0.4, 0.5) is 5.69 Å². The number of rotatable bonds is 9. The van der Waals surface area contributed by atoms with Gasteiger partial charge in [0.25, 0.3) is 0 Å². The molecule has 34 heavy (non-hydrogen) atoms. The van der Waals surface area contributed by atoms with Gasteiger partial charge in [-0.1, -0.05) is 65.0 Å². The zero-order chi connectivity index (χ0) is 25.6. The highest BCUT2D eigenvalue weighted by atomic mass is 16.3. The fourth-order valence-corrected chi connectivity index (χ4v) is 3.92. The first-order chi connectivity index (χ1) is 15.8. The van der Waals surface area contributed by atoms with Crippen LogP contribution in [0.25, 0.3) is 0 Å². The van der Waals surface area contributed by atoms with E-state index in [-0.39, 0.29) is 34.9 Å². The van der Waals surface area contributed by atoms with Crippen LogP contribution in [0.5, 0.6) is 5.75 Å². The van der Waals surface area contributed by atoms with Crippen LogP contribution in [0.1, 0.15) is 59.6 Å². The number of amides is 2. The van der Waals surface area contributed by atoms with E-state index in [0.717, 1.165) is 16.8 Å². The van der Waals surface area contributed by atoms with Gasteiger partial charge in [-0.2, -0.15) is 0 Å². The third-order valence-corrected chi connectivity index (χ3v) is 6.17. The van der Waals surface area contributed by atoms with Gasteiger partial charge in [-0.25, -0.2) is 0 Å². The minimum Gasteiger partial charge on any atom is -0.508 e. The van der Waals surface area contributed by atoms with E-state index in [1.807, 2.05) is 82.1 Å². The third kappa shape index (κ3) is 7.24. The molecule has 0 bridgehead atoms. The van der Waals surface area contributed by atoms with Gasteiger partial charge in [0.2, 0.25) is 11.8 Å². The Labute approximate surface area is 204 Å². The number of phenolic OH excluding ortho intramolecular Hbond substituents is 1. The highest BCUT2D eigenvalue weighted by molar-refractivity contribution is 5.91. The maximum Gasteiger partial charge on any atom is 0.243 e. The Balaban J connectivity index is 2.03. The number of hydrogen-bond acceptors (Lipinski definition) is 4. The molecule has 0 spiro atoms. The molecule has 2 unspecified atom stereocenters. The number of anilines is 1. The molecule has 3 N–H and O–H groups in total. The molecule has 0 aliphatic rings. The molecule has 6 nitrogen and oxygen atoms in total. The average molecular weight is 468 g/mol. The predicted octanol–water partition coefficient (Wildman–Crippen LogP) is 4.40. The summed E-state index contributed by atoms with van der Waals surface area (Å²) in [5.41, 5.74) is 2.68. The Bertz CT molecular complexity index is 967. The van der Waals surface area contributed by atoms with Crippen molar-refractivity contribution < 1.29 is 14.7 Å². The van der Waals surface area contributed by atoms with Crippen LogP contribution in [0.3, 0.4) is 0 Å². The maximum absolute atomic E-state index is 13.1. The average Bonchev–Trinajstić information content (AvgIpc) is 2.76. The Morgan fingerprint density at radius 1 is 0.941 bits per heavy atom. The molecule has 2 rings (SSSR count). The first-order valence-electron chi connectivity index (χ1n) is 12.0. The largest absolute Gasteiger partial charge is 0.508 e. The number of carbonyl (C=O) groups excluding carboxylic acids is 2. The van der Waals surface area contributed by atoms with Crippen LogP contribution >= 0.6 is 0 Å². The Kier molecular flexibility index (Phi) is 9.14. The summed E-state index contributed by atoms with van der Waals surface area (Å²) in [6.45, 7) is 13.8. The minimum atomic E-state index is -0.633. The van der Waals surface area contributed by atoms with Crippen LogP contribution < -0.4 is 15.5 Å². The molecular weight excluding hydrogens is 426 g/mol. The molecule has 0 radical (unpaired) electrons. The molecule has 2 amide bonds. The first kappa shape index (κ1) is 27.2. The fraction of sp³-hybridized carbons (Fsp3) is 0.500. The summed E-state index contributed by atoms with van der Waals surface area (Å²) in [6.07, 6.45) is 0.626. The Morgan fingerprint density at radius 3 is 2.12 bits per heavy atom. The molecule has 0 heterocycles. The lowest BCUT2D eigenvalue weighted by molar-refractivity contribution is -0.130. The van der Waals surface area contributed by atoms with E-state index in [0.29, 0.717) is 6.42 Å². The molecule has 3 atom stereocenters. The lowest BCUT2D eigenvalue weighted by Crippen LogP contribution is -2.55. The second kappa shape index (κ2) is 11.4. The van der Waals surface area contributed by atoms with Crippen molar-refractivity contribution >= 4 is 17.5 Å². The van der Waals surface area contributed by atoms with Gasteiger partial charge in [0, 0.05) is 18.8 Å². The topological polar surface area (TPSA) is 81.7 Å². The Hall–Kier alpha value is -3.02. The van der Waals surface area contributed by atoms with Gasteiger partial charge >= 0.3 is 0 Å². The predicted molar refractivity (Wildman–Crippen MR) is 139 cm³/mol. The molecule has 186 valence electrons. The number of phenols is 1. The van der Waals surface area contributed by atoms with Gasteiger partial charge < -0.3 is 20.6 Å². The highest BCUT2D eigenvalue weighted by Crippen LogP contribution is 2.31. The molecule has 0 saturated heterocycles. The summed E-state index contributed by atoms with van der Waals surface area (Å²) in [5.74, 6) is -0.168. The molecule has 0 saturated carbocycles. The van der Waals surface area contributed by atoms with Gasteiger partial charge in [0.05, 0.1) is 0 Å². The van der Waals surface area contributed by atoms with Gasteiger partial charge in [-0.3, -0.25) is 9.59 Å². The molecule has 2 aromatic rings. The molecule has 2 aromatic carbocycles. The summed E-state index contributed by atoms with van der Waals surface area (Å²) < 4.78 is 0. The smallest absolute Gasteiger partial charge is 0.243 e. The third-order valence-electron chi connectivity index (χ3n) is 6.17. The molecule has 0 fully saturated rings. The van der Waals surface area contributed by atoms with Crippen LogP contribution in [0.2, 0.25) is 0 Å². The first-order valence-corrected chi connectivity index (χ1v) is 12.0. The van der Waals surface area contributed by atoms with Gasteiger partial charge in [0.1, 0.15) is 17.8 Å². The van der Waals surface area contributed by atoms with Crippen molar-refractivity contribution in [1.29, 1.82) is 0 Å². The SMILES string of the molecule is CC(Cc1ccc(O)c(C(C)(C)C)c1)NC(=O)C(NC(=O)[C@H](C)N(C)c1ccccc1)C(C)C. The van der Waals surface area contributed by atoms with E-state index in [1.54, 1.807) is 6.07 Å². The number of para-hydroxylation sites is 1. The summed E-state index contributed by atoms with van der Waals surface area (Å²) >= 11 is 0. The van der Waals surface area contributed by atoms with Crippen molar-refractivity contribution in [1.82, 2.24) is 10.6 Å². The van der Waals surface area contributed by atoms with Crippen molar-refractivity contribution in [3.63, 3.8) is 0 Å². The molecule has 0 aromatic heterocycles. The van der Waals surface area contributed by atoms with Crippen molar-refractivity contribution in [2.75, 3.05) is 11.9 Å². The van der Waals surface area contributed by atoms with Crippen LogP contribution in [0.15, 0.2) is 48.5 Å². The molecule has 6 heteroatoms. The van der Waals surface area contributed by atoms with E-state index in [2.05, 4.69) is 31.4 Å². The van der Waals surface area contributed by atoms with E-state index < -0.39 is 12.1 Å². The highest BCUT2D eigenvalue weighted by Gasteiger charge is 2.28. The summed E-state index contributed by atoms with van der Waals surface area (Å²) in [5, 5.41) is 16.2. The van der Waals surface area contributed by atoms with Crippen LogP contribution in [0, 0.1) is 5.92 Å². The summed E-state index contributed by atoms with van der Waals surface area (Å²) in [7, 11) is 1.87. The summed E-state index contributed by atoms with van der Waals surface area (Å²) in [6, 6.07) is 14.1. The molecule has 0 aliphatic heterocycles. The van der Waals surface area contributed by atoms with E-state index in [4.69, 9.17) is 0 Å². The van der Waals surface area contributed by atoms with E-state index in [1.165, 1.54) is 0 Å². The fourth-order valence-electron chi connectivity index (χ4n) is 3.92. The minimum absolute atomic E-state index is 0.0634. The second-order valence-electron chi connectivity index (χ2n) is 10.6. The number of aromatic hydroxyl groups is 1. The number of benzene rings is 2. The zero-order valence-electron chi connectivity index (χ0n) is 21.8. The van der Waals surface area contributed by atoms with Crippen molar-refractivity contribution in [3.05, 3.63) is 59.7 Å². The number of nitrogens with zero attached hydrogens (tertiary/aromatic N) is 1. The number of nitrogens with one attached hydrogen (secondary N) is 2. The lowest BCUT2D eigenvalue weighted by Gasteiger charge is -2.30. The number of carbonyl (C=O) groups is 2. The quantitative estimate of drug-likeness (QED) is 0.510. The monoisotopic (exact) mass is 467 g/mol. The van der Waals surface area contributed by atoms with Gasteiger partial charge in [-0.05, 0) is 60.9 Å². The maximum atomic E-state index is 13.1. The van der Waals surface area contributed by atoms with Crippen molar-refractivity contribution in [2.45, 2.75) is 78.4 Å². The van der Waals surface area contributed by atoms with Crippen molar-refractivity contribution in [3.8, 4) is 5.75 Å².